The molecule has 2 aromatic rings. The molecule has 1 aliphatic carbocycles. The second kappa shape index (κ2) is 7.04. The highest BCUT2D eigenvalue weighted by Gasteiger charge is 2.56. The lowest BCUT2D eigenvalue weighted by Crippen LogP contribution is -2.71. The number of halogens is 1. The number of nitrogens with zero attached hydrogens (tertiary/aromatic N) is 2. The number of hydrogen-bond acceptors (Lipinski definition) is 3. The van der Waals surface area contributed by atoms with Gasteiger partial charge in [-0.2, -0.15) is 0 Å². The molecule has 0 aromatic heterocycles. The number of amides is 3. The van der Waals surface area contributed by atoms with Crippen LogP contribution in [0.4, 0.5) is 16.2 Å². The number of likely N-dealkylation sites (tertiary alicyclic amines) is 1. The first-order valence-corrected chi connectivity index (χ1v) is 10.3. The zero-order valence-corrected chi connectivity index (χ0v) is 16.5. The Kier molecular flexibility index (Phi) is 4.48. The molecule has 0 spiro atoms. The highest BCUT2D eigenvalue weighted by Crippen LogP contribution is 2.50. The molecule has 150 valence electrons. The van der Waals surface area contributed by atoms with E-state index in [0.29, 0.717) is 17.3 Å². The number of para-hydroxylation sites is 1. The SMILES string of the molecule is O=C(Nc1ccc(Cl)cc1)N1C[C@@H]2[C@H](c3ccccc31)[C@H](CO)N2C(=O)C1CC1. The fraction of sp³-hybridized carbons (Fsp3) is 0.364. The van der Waals surface area contributed by atoms with Crippen molar-refractivity contribution < 1.29 is 14.7 Å². The topological polar surface area (TPSA) is 72.9 Å². The second-order valence-corrected chi connectivity index (χ2v) is 8.41. The number of nitrogens with one attached hydrogen (secondary N) is 1. The van der Waals surface area contributed by atoms with Crippen molar-refractivity contribution in [2.45, 2.75) is 30.8 Å². The third kappa shape index (κ3) is 3.07. The summed E-state index contributed by atoms with van der Waals surface area (Å²) in [6.07, 6.45) is 1.84. The molecule has 1 saturated heterocycles. The molecule has 3 aliphatic rings. The van der Waals surface area contributed by atoms with Crippen LogP contribution in [0.5, 0.6) is 0 Å². The van der Waals surface area contributed by atoms with E-state index in [4.69, 9.17) is 11.6 Å². The van der Waals surface area contributed by atoms with Gasteiger partial charge in [0.1, 0.15) is 0 Å². The highest BCUT2D eigenvalue weighted by atomic mass is 35.5. The standard InChI is InChI=1S/C22H22ClN3O3/c23-14-7-9-15(10-8-14)24-22(29)25-11-18-20(16-3-1-2-4-17(16)25)19(12-27)26(18)21(28)13-5-6-13/h1-4,7-10,13,18-20,27H,5-6,11-12H2,(H,24,29)/t18-,19+,20+/m1/s1. The van der Waals surface area contributed by atoms with Crippen LogP contribution < -0.4 is 10.2 Å². The molecule has 1 saturated carbocycles. The van der Waals surface area contributed by atoms with E-state index in [1.165, 1.54) is 0 Å². The number of hydrogen-bond donors (Lipinski definition) is 2. The van der Waals surface area contributed by atoms with Crippen molar-refractivity contribution in [1.82, 2.24) is 4.90 Å². The number of aliphatic hydroxyl groups excluding tert-OH is 1. The predicted octanol–water partition coefficient (Wildman–Crippen LogP) is 3.46. The summed E-state index contributed by atoms with van der Waals surface area (Å²) in [7, 11) is 0. The van der Waals surface area contributed by atoms with Gasteiger partial charge in [0, 0.05) is 34.8 Å². The van der Waals surface area contributed by atoms with Gasteiger partial charge in [-0.05, 0) is 48.7 Å². The number of rotatable bonds is 3. The molecule has 0 radical (unpaired) electrons. The van der Waals surface area contributed by atoms with E-state index in [0.717, 1.165) is 24.1 Å². The lowest BCUT2D eigenvalue weighted by Gasteiger charge is -2.59. The van der Waals surface area contributed by atoms with Crippen molar-refractivity contribution in [3.63, 3.8) is 0 Å². The first-order chi connectivity index (χ1) is 14.1. The Hall–Kier alpha value is -2.57. The molecule has 0 unspecified atom stereocenters. The lowest BCUT2D eigenvalue weighted by molar-refractivity contribution is -0.151. The average Bonchev–Trinajstić information content (AvgIpc) is 3.55. The number of benzene rings is 2. The quantitative estimate of drug-likeness (QED) is 0.812. The fourth-order valence-corrected chi connectivity index (χ4v) is 4.78. The van der Waals surface area contributed by atoms with E-state index in [2.05, 4.69) is 5.32 Å². The predicted molar refractivity (Wildman–Crippen MR) is 111 cm³/mol. The summed E-state index contributed by atoms with van der Waals surface area (Å²) in [4.78, 5) is 29.4. The molecule has 29 heavy (non-hydrogen) atoms. The van der Waals surface area contributed by atoms with Crippen LogP contribution in [0.15, 0.2) is 48.5 Å². The minimum atomic E-state index is -0.246. The monoisotopic (exact) mass is 411 g/mol. The fourth-order valence-electron chi connectivity index (χ4n) is 4.65. The first-order valence-electron chi connectivity index (χ1n) is 9.94. The molecule has 2 aromatic carbocycles. The zero-order chi connectivity index (χ0) is 20.1. The van der Waals surface area contributed by atoms with Crippen molar-refractivity contribution in [3.8, 4) is 0 Å². The molecule has 2 N–H and O–H groups in total. The van der Waals surface area contributed by atoms with Gasteiger partial charge in [0.2, 0.25) is 5.91 Å². The summed E-state index contributed by atoms with van der Waals surface area (Å²) >= 11 is 5.93. The second-order valence-electron chi connectivity index (χ2n) is 7.97. The third-order valence-corrected chi connectivity index (χ3v) is 6.46. The molecule has 2 heterocycles. The Labute approximate surface area is 174 Å². The van der Waals surface area contributed by atoms with E-state index in [9.17, 15) is 14.7 Å². The van der Waals surface area contributed by atoms with Crippen molar-refractivity contribution in [2.75, 3.05) is 23.4 Å². The van der Waals surface area contributed by atoms with Crippen molar-refractivity contribution in [3.05, 3.63) is 59.1 Å². The Bertz CT molecular complexity index is 960. The van der Waals surface area contributed by atoms with Crippen LogP contribution in [0.25, 0.3) is 0 Å². The van der Waals surface area contributed by atoms with Gasteiger partial charge >= 0.3 is 6.03 Å². The minimum absolute atomic E-state index is 0.0541. The van der Waals surface area contributed by atoms with Crippen LogP contribution in [0.2, 0.25) is 5.02 Å². The number of carbonyl (C=O) groups is 2. The molecular weight excluding hydrogens is 390 g/mol. The van der Waals surface area contributed by atoms with Gasteiger partial charge in [-0.15, -0.1) is 0 Å². The van der Waals surface area contributed by atoms with Crippen LogP contribution in [-0.2, 0) is 4.79 Å². The molecule has 2 fully saturated rings. The van der Waals surface area contributed by atoms with Crippen molar-refractivity contribution in [1.29, 1.82) is 0 Å². The van der Waals surface area contributed by atoms with Gasteiger partial charge in [0.15, 0.2) is 0 Å². The number of urea groups is 1. The summed E-state index contributed by atoms with van der Waals surface area (Å²) in [5.74, 6) is 0.250. The zero-order valence-electron chi connectivity index (χ0n) is 15.8. The van der Waals surface area contributed by atoms with E-state index in [1.807, 2.05) is 29.2 Å². The summed E-state index contributed by atoms with van der Waals surface area (Å²) < 4.78 is 0. The number of carbonyl (C=O) groups excluding carboxylic acids is 2. The molecule has 3 atom stereocenters. The lowest BCUT2D eigenvalue weighted by atomic mass is 9.71. The van der Waals surface area contributed by atoms with Crippen LogP contribution in [0.3, 0.4) is 0 Å². The van der Waals surface area contributed by atoms with Gasteiger partial charge in [0.05, 0.1) is 18.7 Å². The summed E-state index contributed by atoms with van der Waals surface area (Å²) in [6, 6.07) is 14.2. The van der Waals surface area contributed by atoms with Crippen molar-refractivity contribution >= 4 is 34.9 Å². The first kappa shape index (κ1) is 18.5. The van der Waals surface area contributed by atoms with E-state index >= 15 is 0 Å². The summed E-state index contributed by atoms with van der Waals surface area (Å²) in [5, 5.41) is 13.5. The minimum Gasteiger partial charge on any atom is -0.394 e. The highest BCUT2D eigenvalue weighted by molar-refractivity contribution is 6.30. The Morgan fingerprint density at radius 2 is 1.83 bits per heavy atom. The molecular formula is C22H22ClN3O3. The molecule has 5 rings (SSSR count). The number of anilines is 2. The maximum Gasteiger partial charge on any atom is 0.326 e. The summed E-state index contributed by atoms with van der Waals surface area (Å²) in [6.45, 7) is 0.348. The number of aliphatic hydroxyl groups is 1. The average molecular weight is 412 g/mol. The van der Waals surface area contributed by atoms with Crippen LogP contribution in [0.1, 0.15) is 24.3 Å². The van der Waals surface area contributed by atoms with Gasteiger partial charge in [-0.1, -0.05) is 29.8 Å². The number of fused-ring (bicyclic) bond motifs is 3. The largest absolute Gasteiger partial charge is 0.394 e. The van der Waals surface area contributed by atoms with Gasteiger partial charge in [-0.25, -0.2) is 4.79 Å². The molecule has 3 amide bonds. The Balaban J connectivity index is 1.45. The third-order valence-electron chi connectivity index (χ3n) is 6.21. The summed E-state index contributed by atoms with van der Waals surface area (Å²) in [5.41, 5.74) is 2.50. The molecule has 2 aliphatic heterocycles. The van der Waals surface area contributed by atoms with Crippen LogP contribution in [0, 0.1) is 5.92 Å². The van der Waals surface area contributed by atoms with Crippen LogP contribution >= 0.6 is 11.6 Å². The van der Waals surface area contributed by atoms with Gasteiger partial charge in [0.25, 0.3) is 0 Å². The van der Waals surface area contributed by atoms with Gasteiger partial charge in [-0.3, -0.25) is 9.69 Å². The van der Waals surface area contributed by atoms with Crippen LogP contribution in [-0.4, -0.2) is 47.2 Å². The Morgan fingerprint density at radius 3 is 2.52 bits per heavy atom. The molecule has 6 nitrogen and oxygen atoms in total. The Morgan fingerprint density at radius 1 is 1.10 bits per heavy atom. The van der Waals surface area contributed by atoms with E-state index in [-0.39, 0.29) is 42.5 Å². The van der Waals surface area contributed by atoms with Crippen molar-refractivity contribution in [2.24, 2.45) is 5.92 Å². The van der Waals surface area contributed by atoms with E-state index in [1.54, 1.807) is 29.2 Å². The molecule has 7 heteroatoms. The van der Waals surface area contributed by atoms with Gasteiger partial charge < -0.3 is 15.3 Å². The maximum absolute atomic E-state index is 13.1. The maximum atomic E-state index is 13.1. The normalized spacial score (nSPS) is 25.0. The van der Waals surface area contributed by atoms with E-state index < -0.39 is 0 Å². The molecule has 0 bridgehead atoms. The smallest absolute Gasteiger partial charge is 0.326 e.